The van der Waals surface area contributed by atoms with Crippen LogP contribution in [0.5, 0.6) is 5.75 Å². The predicted molar refractivity (Wildman–Crippen MR) is 80.9 cm³/mol. The lowest BCUT2D eigenvalue weighted by Gasteiger charge is -2.15. The van der Waals surface area contributed by atoms with E-state index in [-0.39, 0.29) is 0 Å². The first-order valence-corrected chi connectivity index (χ1v) is 6.97. The molecule has 0 saturated heterocycles. The van der Waals surface area contributed by atoms with E-state index in [1.807, 2.05) is 37.3 Å². The maximum atomic E-state index is 10.5. The van der Waals surface area contributed by atoms with Gasteiger partial charge in [0.1, 0.15) is 11.9 Å². The molecule has 0 bridgehead atoms. The van der Waals surface area contributed by atoms with Gasteiger partial charge < -0.3 is 9.84 Å². The summed E-state index contributed by atoms with van der Waals surface area (Å²) in [5.74, 6) is 0.735. The van der Waals surface area contributed by atoms with Gasteiger partial charge in [0.2, 0.25) is 0 Å². The van der Waals surface area contributed by atoms with Crippen LogP contribution in [0, 0.1) is 6.92 Å². The van der Waals surface area contributed by atoms with Crippen LogP contribution < -0.4 is 4.74 Å². The van der Waals surface area contributed by atoms with Crippen LogP contribution in [0.15, 0.2) is 40.9 Å². The summed E-state index contributed by atoms with van der Waals surface area (Å²) in [6.07, 6.45) is -0.707. The second-order valence-corrected chi connectivity index (χ2v) is 5.59. The summed E-state index contributed by atoms with van der Waals surface area (Å²) in [6, 6.07) is 11.0. The number of aliphatic hydroxyl groups excluding tert-OH is 1. The Morgan fingerprint density at radius 3 is 2.58 bits per heavy atom. The van der Waals surface area contributed by atoms with Crippen molar-refractivity contribution >= 4 is 27.5 Å². The number of halogens is 2. The Kier molecular flexibility index (Phi) is 4.50. The molecule has 2 rings (SSSR count). The molecule has 2 aromatic rings. The Labute approximate surface area is 126 Å². The largest absolute Gasteiger partial charge is 0.496 e. The summed E-state index contributed by atoms with van der Waals surface area (Å²) in [7, 11) is 1.61. The molecular weight excluding hydrogens is 328 g/mol. The normalized spacial score (nSPS) is 12.3. The Hall–Kier alpha value is -1.03. The first kappa shape index (κ1) is 14.4. The van der Waals surface area contributed by atoms with E-state index < -0.39 is 6.10 Å². The van der Waals surface area contributed by atoms with E-state index in [9.17, 15) is 5.11 Å². The number of hydrogen-bond donors (Lipinski definition) is 1. The first-order chi connectivity index (χ1) is 9.02. The Balaban J connectivity index is 2.41. The second kappa shape index (κ2) is 5.95. The number of aryl methyl sites for hydroxylation is 1. The molecular formula is C15H14BrClO2. The van der Waals surface area contributed by atoms with Gasteiger partial charge in [-0.05, 0) is 63.8 Å². The van der Waals surface area contributed by atoms with Gasteiger partial charge in [0.05, 0.1) is 11.6 Å². The van der Waals surface area contributed by atoms with Crippen molar-refractivity contribution < 1.29 is 9.84 Å². The average Bonchev–Trinajstić information content (AvgIpc) is 2.40. The van der Waals surface area contributed by atoms with Crippen molar-refractivity contribution in [3.8, 4) is 5.75 Å². The highest BCUT2D eigenvalue weighted by molar-refractivity contribution is 9.10. The molecule has 0 aliphatic heterocycles. The van der Waals surface area contributed by atoms with E-state index in [2.05, 4.69) is 15.9 Å². The molecule has 1 N–H and O–H groups in total. The highest BCUT2D eigenvalue weighted by Gasteiger charge is 2.15. The van der Waals surface area contributed by atoms with Crippen molar-refractivity contribution in [3.05, 3.63) is 62.6 Å². The van der Waals surface area contributed by atoms with E-state index in [0.29, 0.717) is 5.02 Å². The monoisotopic (exact) mass is 340 g/mol. The fourth-order valence-corrected chi connectivity index (χ4v) is 2.68. The van der Waals surface area contributed by atoms with Crippen LogP contribution in [0.2, 0.25) is 5.02 Å². The third-order valence-electron chi connectivity index (χ3n) is 3.03. The van der Waals surface area contributed by atoms with Gasteiger partial charge in [-0.1, -0.05) is 23.7 Å². The quantitative estimate of drug-likeness (QED) is 0.890. The molecule has 0 amide bonds. The first-order valence-electron chi connectivity index (χ1n) is 5.80. The molecule has 100 valence electrons. The number of hydrogen-bond acceptors (Lipinski definition) is 2. The molecule has 2 aromatic carbocycles. The summed E-state index contributed by atoms with van der Waals surface area (Å²) in [5.41, 5.74) is 2.60. The van der Waals surface area contributed by atoms with Crippen molar-refractivity contribution in [2.24, 2.45) is 0 Å². The minimum absolute atomic E-state index is 0.618. The minimum atomic E-state index is -0.707. The molecule has 0 aliphatic rings. The smallest absolute Gasteiger partial charge is 0.133 e. The van der Waals surface area contributed by atoms with Gasteiger partial charge in [0.15, 0.2) is 0 Å². The number of methoxy groups -OCH3 is 1. The van der Waals surface area contributed by atoms with Crippen molar-refractivity contribution in [1.82, 2.24) is 0 Å². The zero-order valence-corrected chi connectivity index (χ0v) is 13.0. The number of benzene rings is 2. The lowest BCUT2D eigenvalue weighted by Crippen LogP contribution is -2.02. The Morgan fingerprint density at radius 1 is 1.21 bits per heavy atom. The predicted octanol–water partition coefficient (Wildman–Crippen LogP) is 4.50. The van der Waals surface area contributed by atoms with Crippen LogP contribution >= 0.6 is 27.5 Å². The van der Waals surface area contributed by atoms with E-state index >= 15 is 0 Å². The molecule has 0 saturated carbocycles. The van der Waals surface area contributed by atoms with Crippen molar-refractivity contribution in [3.63, 3.8) is 0 Å². The minimum Gasteiger partial charge on any atom is -0.496 e. The van der Waals surface area contributed by atoms with E-state index in [1.54, 1.807) is 13.2 Å². The average molecular weight is 342 g/mol. The third-order valence-corrected chi connectivity index (χ3v) is 3.88. The number of rotatable bonds is 3. The summed E-state index contributed by atoms with van der Waals surface area (Å²) in [4.78, 5) is 0. The van der Waals surface area contributed by atoms with Crippen molar-refractivity contribution in [2.75, 3.05) is 7.11 Å². The Bertz CT molecular complexity index is 599. The maximum absolute atomic E-state index is 10.5. The van der Waals surface area contributed by atoms with E-state index in [0.717, 1.165) is 26.9 Å². The number of ether oxygens (including phenoxy) is 1. The van der Waals surface area contributed by atoms with Crippen LogP contribution in [0.25, 0.3) is 0 Å². The van der Waals surface area contributed by atoms with Crippen molar-refractivity contribution in [1.29, 1.82) is 0 Å². The van der Waals surface area contributed by atoms with Crippen LogP contribution in [0.3, 0.4) is 0 Å². The van der Waals surface area contributed by atoms with Gasteiger partial charge in [0, 0.05) is 5.02 Å². The van der Waals surface area contributed by atoms with Crippen LogP contribution in [-0.2, 0) is 0 Å². The molecule has 0 radical (unpaired) electrons. The maximum Gasteiger partial charge on any atom is 0.133 e. The molecule has 0 spiro atoms. The van der Waals surface area contributed by atoms with Gasteiger partial charge in [-0.3, -0.25) is 0 Å². The van der Waals surface area contributed by atoms with Gasteiger partial charge in [-0.2, -0.15) is 0 Å². The van der Waals surface area contributed by atoms with Gasteiger partial charge in [0.25, 0.3) is 0 Å². The summed E-state index contributed by atoms with van der Waals surface area (Å²) in [6.45, 7) is 1.95. The highest BCUT2D eigenvalue weighted by Crippen LogP contribution is 2.32. The fraction of sp³-hybridized carbons (Fsp3) is 0.200. The molecule has 2 nitrogen and oxygen atoms in total. The molecule has 4 heteroatoms. The number of aliphatic hydroxyl groups is 1. The Morgan fingerprint density at radius 2 is 1.95 bits per heavy atom. The van der Waals surface area contributed by atoms with Crippen LogP contribution in [0.4, 0.5) is 0 Å². The highest BCUT2D eigenvalue weighted by atomic mass is 79.9. The lowest BCUT2D eigenvalue weighted by molar-refractivity contribution is 0.219. The molecule has 0 fully saturated rings. The van der Waals surface area contributed by atoms with Crippen molar-refractivity contribution in [2.45, 2.75) is 13.0 Å². The van der Waals surface area contributed by atoms with E-state index in [4.69, 9.17) is 16.3 Å². The SMILES string of the molecule is COc1ccc(C(O)c2cc(Cl)ccc2C)cc1Br. The third kappa shape index (κ3) is 3.11. The fourth-order valence-electron chi connectivity index (χ4n) is 1.94. The van der Waals surface area contributed by atoms with Gasteiger partial charge in [-0.15, -0.1) is 0 Å². The van der Waals surface area contributed by atoms with E-state index in [1.165, 1.54) is 0 Å². The van der Waals surface area contributed by atoms with Gasteiger partial charge >= 0.3 is 0 Å². The molecule has 0 aliphatic carbocycles. The zero-order chi connectivity index (χ0) is 14.0. The molecule has 1 unspecified atom stereocenters. The van der Waals surface area contributed by atoms with Gasteiger partial charge in [-0.25, -0.2) is 0 Å². The lowest BCUT2D eigenvalue weighted by atomic mass is 9.97. The van der Waals surface area contributed by atoms with Crippen LogP contribution in [0.1, 0.15) is 22.8 Å². The molecule has 0 aromatic heterocycles. The topological polar surface area (TPSA) is 29.5 Å². The zero-order valence-electron chi connectivity index (χ0n) is 10.7. The molecule has 1 atom stereocenters. The summed E-state index contributed by atoms with van der Waals surface area (Å²) < 4.78 is 5.99. The second-order valence-electron chi connectivity index (χ2n) is 4.30. The summed E-state index contributed by atoms with van der Waals surface area (Å²) >= 11 is 9.41. The molecule has 0 heterocycles. The van der Waals surface area contributed by atoms with Crippen LogP contribution in [-0.4, -0.2) is 12.2 Å². The molecule has 19 heavy (non-hydrogen) atoms. The summed E-state index contributed by atoms with van der Waals surface area (Å²) in [5, 5.41) is 11.1. The standard InChI is InChI=1S/C15H14BrClO2/c1-9-3-5-11(17)8-12(9)15(18)10-4-6-14(19-2)13(16)7-10/h3-8,15,18H,1-2H3.